The predicted molar refractivity (Wildman–Crippen MR) is 118 cm³/mol. The highest BCUT2D eigenvalue weighted by atomic mass is 32.1. The molecule has 0 saturated carbocycles. The molecule has 5 rings (SSSR count). The highest BCUT2D eigenvalue weighted by Crippen LogP contribution is 2.48. The lowest BCUT2D eigenvalue weighted by molar-refractivity contribution is 0.0700. The average molecular weight is 430 g/mol. The smallest absolute Gasteiger partial charge is 0.346 e. The predicted octanol–water partition coefficient (Wildman–Crippen LogP) is 5.05. The van der Waals surface area contributed by atoms with Crippen molar-refractivity contribution in [2.45, 2.75) is 19.4 Å². The van der Waals surface area contributed by atoms with Gasteiger partial charge in [0, 0.05) is 11.1 Å². The molecule has 2 heterocycles. The number of benzene rings is 2. The van der Waals surface area contributed by atoms with Gasteiger partial charge in [0.25, 0.3) is 5.91 Å². The number of carbonyl (C=O) groups excluding carboxylic acids is 1. The number of rotatable bonds is 5. The molecule has 0 radical (unpaired) electrons. The molecular weight excluding hydrogens is 412 g/mol. The van der Waals surface area contributed by atoms with Gasteiger partial charge >= 0.3 is 5.97 Å². The molecule has 154 valence electrons. The van der Waals surface area contributed by atoms with Crippen LogP contribution in [0.15, 0.2) is 71.4 Å². The molecule has 1 aliphatic carbocycles. The number of nitrogens with zero attached hydrogens (tertiary/aromatic N) is 2. The first kappa shape index (κ1) is 19.3. The number of aromatic nitrogens is 1. The van der Waals surface area contributed by atoms with Gasteiger partial charge in [-0.3, -0.25) is 9.69 Å². The number of hydrogen-bond donors (Lipinski definition) is 1. The van der Waals surface area contributed by atoms with Crippen molar-refractivity contribution in [1.29, 1.82) is 0 Å². The first-order chi connectivity index (χ1) is 15.1. The average Bonchev–Trinajstić information content (AvgIpc) is 3.43. The molecule has 2 aromatic carbocycles. The Hall–Kier alpha value is -3.71. The third kappa shape index (κ3) is 3.43. The van der Waals surface area contributed by atoms with E-state index in [9.17, 15) is 14.7 Å². The van der Waals surface area contributed by atoms with E-state index in [-0.39, 0.29) is 10.8 Å². The quantitative estimate of drug-likeness (QED) is 0.479. The molecule has 0 atom stereocenters. The summed E-state index contributed by atoms with van der Waals surface area (Å²) in [5.74, 6) is -0.640. The zero-order valence-corrected chi connectivity index (χ0v) is 17.3. The third-order valence-corrected chi connectivity index (χ3v) is 6.64. The van der Waals surface area contributed by atoms with Crippen LogP contribution in [0.1, 0.15) is 36.7 Å². The fourth-order valence-electron chi connectivity index (χ4n) is 3.93. The molecule has 0 bridgehead atoms. The molecule has 1 N–H and O–H groups in total. The fourth-order valence-corrected chi connectivity index (χ4v) is 5.11. The SMILES string of the molecule is O=C(O)c1sc(N(Cc2ccccc2)C(=O)c2ccccc2)c2c1CCc1cnoc1-2. The van der Waals surface area contributed by atoms with E-state index >= 15 is 0 Å². The van der Waals surface area contributed by atoms with Crippen molar-refractivity contribution in [3.8, 4) is 11.3 Å². The first-order valence-corrected chi connectivity index (χ1v) is 10.7. The maximum atomic E-state index is 13.6. The molecular formula is C24H18N2O4S. The number of aryl methyl sites for hydroxylation is 1. The van der Waals surface area contributed by atoms with E-state index < -0.39 is 5.97 Å². The number of carbonyl (C=O) groups is 2. The van der Waals surface area contributed by atoms with Crippen molar-refractivity contribution in [3.63, 3.8) is 0 Å². The molecule has 1 amide bonds. The summed E-state index contributed by atoms with van der Waals surface area (Å²) in [4.78, 5) is 27.5. The van der Waals surface area contributed by atoms with Crippen LogP contribution in [0, 0.1) is 0 Å². The Morgan fingerprint density at radius 1 is 1.03 bits per heavy atom. The first-order valence-electron chi connectivity index (χ1n) is 9.87. The Balaban J connectivity index is 1.70. The summed E-state index contributed by atoms with van der Waals surface area (Å²) >= 11 is 1.12. The molecule has 31 heavy (non-hydrogen) atoms. The minimum absolute atomic E-state index is 0.197. The van der Waals surface area contributed by atoms with Gasteiger partial charge in [0.15, 0.2) is 5.76 Å². The third-order valence-electron chi connectivity index (χ3n) is 5.39. The van der Waals surface area contributed by atoms with Crippen LogP contribution in [0.4, 0.5) is 5.00 Å². The lowest BCUT2D eigenvalue weighted by atomic mass is 9.92. The molecule has 0 unspecified atom stereocenters. The second kappa shape index (κ2) is 7.85. The summed E-state index contributed by atoms with van der Waals surface area (Å²) in [6.45, 7) is 0.310. The van der Waals surface area contributed by atoms with Crippen LogP contribution in [0.2, 0.25) is 0 Å². The minimum atomic E-state index is -0.998. The van der Waals surface area contributed by atoms with Crippen molar-refractivity contribution in [3.05, 3.63) is 94.0 Å². The standard InChI is InChI=1S/C24H18N2O4S/c27-22(16-9-5-2-6-10-16)26(14-15-7-3-1-4-8-15)23-19-18(21(31-23)24(28)29)12-11-17-13-25-30-20(17)19/h1-10,13H,11-12,14H2,(H,28,29). The highest BCUT2D eigenvalue weighted by Gasteiger charge is 2.34. The van der Waals surface area contributed by atoms with Gasteiger partial charge in [-0.25, -0.2) is 4.79 Å². The van der Waals surface area contributed by atoms with Crippen LogP contribution in [-0.2, 0) is 19.4 Å². The maximum Gasteiger partial charge on any atom is 0.346 e. The van der Waals surface area contributed by atoms with Crippen molar-refractivity contribution < 1.29 is 19.2 Å². The monoisotopic (exact) mass is 430 g/mol. The van der Waals surface area contributed by atoms with Gasteiger partial charge < -0.3 is 9.63 Å². The molecule has 4 aromatic rings. The highest BCUT2D eigenvalue weighted by molar-refractivity contribution is 7.19. The Bertz CT molecular complexity index is 1260. The lowest BCUT2D eigenvalue weighted by Crippen LogP contribution is -2.30. The van der Waals surface area contributed by atoms with Crippen molar-refractivity contribution in [2.24, 2.45) is 0 Å². The molecule has 7 heteroatoms. The Labute approximate surface area is 182 Å². The van der Waals surface area contributed by atoms with Crippen molar-refractivity contribution in [1.82, 2.24) is 5.16 Å². The van der Waals surface area contributed by atoms with Gasteiger partial charge in [0.05, 0.1) is 18.3 Å². The molecule has 6 nitrogen and oxygen atoms in total. The summed E-state index contributed by atoms with van der Waals surface area (Å²) in [6, 6.07) is 18.7. The van der Waals surface area contributed by atoms with E-state index in [0.717, 1.165) is 22.5 Å². The summed E-state index contributed by atoms with van der Waals surface area (Å²) < 4.78 is 5.53. The molecule has 2 aromatic heterocycles. The number of aromatic carboxylic acids is 1. The normalized spacial score (nSPS) is 12.1. The Morgan fingerprint density at radius 3 is 2.45 bits per heavy atom. The zero-order chi connectivity index (χ0) is 21.4. The molecule has 1 aliphatic rings. The van der Waals surface area contributed by atoms with Crippen molar-refractivity contribution in [2.75, 3.05) is 4.90 Å². The van der Waals surface area contributed by atoms with Gasteiger partial charge in [-0.2, -0.15) is 0 Å². The van der Waals surface area contributed by atoms with E-state index in [4.69, 9.17) is 4.52 Å². The molecule has 0 aliphatic heterocycles. The van der Waals surface area contributed by atoms with E-state index in [1.807, 2.05) is 48.5 Å². The second-order valence-corrected chi connectivity index (χ2v) is 8.32. The molecule has 0 saturated heterocycles. The van der Waals surface area contributed by atoms with E-state index in [2.05, 4.69) is 5.16 Å². The van der Waals surface area contributed by atoms with Gasteiger partial charge in [0.1, 0.15) is 9.88 Å². The van der Waals surface area contributed by atoms with Crippen LogP contribution < -0.4 is 4.90 Å². The summed E-state index contributed by atoms with van der Waals surface area (Å²) in [5.41, 5.74) is 3.78. The minimum Gasteiger partial charge on any atom is -0.477 e. The van der Waals surface area contributed by atoms with Crippen LogP contribution in [-0.4, -0.2) is 22.1 Å². The van der Waals surface area contributed by atoms with Gasteiger partial charge in [-0.1, -0.05) is 53.7 Å². The van der Waals surface area contributed by atoms with E-state index in [0.29, 0.717) is 46.8 Å². The van der Waals surface area contributed by atoms with E-state index in [1.54, 1.807) is 23.2 Å². The topological polar surface area (TPSA) is 83.6 Å². The molecule has 0 fully saturated rings. The second-order valence-electron chi connectivity index (χ2n) is 7.32. The van der Waals surface area contributed by atoms with Crippen molar-refractivity contribution >= 4 is 28.2 Å². The molecule has 0 spiro atoms. The number of amides is 1. The van der Waals surface area contributed by atoms with Crippen LogP contribution in [0.3, 0.4) is 0 Å². The summed E-state index contributed by atoms with van der Waals surface area (Å²) in [7, 11) is 0. The Kier molecular flexibility index (Phi) is 4.88. The number of hydrogen-bond acceptors (Lipinski definition) is 5. The number of thiophene rings is 1. The van der Waals surface area contributed by atoms with E-state index in [1.165, 1.54) is 0 Å². The number of carboxylic acids is 1. The fraction of sp³-hybridized carbons (Fsp3) is 0.125. The van der Waals surface area contributed by atoms with Gasteiger partial charge in [0.2, 0.25) is 0 Å². The maximum absolute atomic E-state index is 13.6. The van der Waals surface area contributed by atoms with Crippen LogP contribution >= 0.6 is 11.3 Å². The number of carboxylic acid groups (broad SMARTS) is 1. The largest absolute Gasteiger partial charge is 0.477 e. The van der Waals surface area contributed by atoms with Gasteiger partial charge in [-0.05, 0) is 36.1 Å². The number of fused-ring (bicyclic) bond motifs is 3. The summed E-state index contributed by atoms with van der Waals surface area (Å²) in [5, 5.41) is 14.3. The Morgan fingerprint density at radius 2 is 1.74 bits per heavy atom. The van der Waals surface area contributed by atoms with Crippen LogP contribution in [0.25, 0.3) is 11.3 Å². The zero-order valence-electron chi connectivity index (χ0n) is 16.4. The number of anilines is 1. The van der Waals surface area contributed by atoms with Gasteiger partial charge in [-0.15, -0.1) is 11.3 Å². The van der Waals surface area contributed by atoms with Crippen LogP contribution in [0.5, 0.6) is 0 Å². The lowest BCUT2D eigenvalue weighted by Gasteiger charge is -2.24. The summed E-state index contributed by atoms with van der Waals surface area (Å²) in [6.07, 6.45) is 2.90.